The van der Waals surface area contributed by atoms with Crippen molar-refractivity contribution in [2.24, 2.45) is 73.4 Å². The molecule has 6 fully saturated rings. The van der Waals surface area contributed by atoms with Crippen molar-refractivity contribution in [1.29, 1.82) is 0 Å². The number of hydrogen-bond donors (Lipinski definition) is 6. The fourth-order valence-electron chi connectivity index (χ4n) is 18.9. The molecule has 6 heteroatoms. The SMILES string of the molecule is C=CC(C)(C)CC/C=C(\C)CCC=C(C)C.C=CC(C)(O)CCC=C(C)C.C=C[C@@](C)(O)CC[C@H]1C(=C)C[C@H](O)[C@H]2C(C)(C)CCC[C@]12C.C=C[C@](C)(O)CC[C@@H]1[C@@]2(C)CCCC(C)(C)[C@@H]2CC[C@@]1(C)O.C=C[C@](C)(O)CC[C@H]1C(=C)CC[C@H]2C(C)(C)CCC[C@]12C. The summed E-state index contributed by atoms with van der Waals surface area (Å²) in [5.41, 5.74) is 5.02. The standard InChI is InChI=1S/C20H36O2.C20H34O2.C20H34O.C16H28.C10H18O/c1-7-18(4,21)13-9-16-19(5)12-8-11-17(2,3)15(19)10-14-20(16,6)22;1-7-19(5,22)12-9-15-14(2)13-16(21)17-18(3,4)10-8-11-20(15,17)6;1-7-19(5,21)14-11-16-15(2)9-10-17-18(3,4)12-8-13-20(16,17)6;1-7-16(5,6)13-9-12-15(4)11-8-10-14(2)3;1-5-10(4,11)8-6-7-9(2)3/h7,15-16,21-22H,1,8-14H2,2-6H3;7,15-17,21-22H,1-2,8-13H2,3-6H3;7,16-17,21H,1-2,8-14H2,3-6H3;7,10,12H,1,8-9,11,13H2,2-6H3;5,7,11H,1,6,8H2,2-4H3/b;;;15-12+;/t15-,16+,18-,19-,20+;15-,16-,17-,19+,20+;16-,17-,19-,20+;;/m000../s1. The van der Waals surface area contributed by atoms with Gasteiger partial charge in [0.15, 0.2) is 0 Å². The summed E-state index contributed by atoms with van der Waals surface area (Å²) in [5, 5.41) is 62.2. The second kappa shape index (κ2) is 34.6. The van der Waals surface area contributed by atoms with Crippen molar-refractivity contribution in [3.05, 3.63) is 123 Å². The molecule has 6 aliphatic rings. The lowest BCUT2D eigenvalue weighted by Gasteiger charge is -2.61. The average molecular weight is 1280 g/mol. The molecule has 0 aromatic carbocycles. The molecule has 0 amide bonds. The van der Waals surface area contributed by atoms with E-state index in [0.29, 0.717) is 59.2 Å². The second-order valence-electron chi connectivity index (χ2n) is 36.1. The minimum atomic E-state index is -0.830. The van der Waals surface area contributed by atoms with Crippen LogP contribution in [-0.4, -0.2) is 64.7 Å². The minimum Gasteiger partial charge on any atom is -0.392 e. The molecule has 0 heterocycles. The molecular weight excluding hydrogens is 1130 g/mol. The third-order valence-electron chi connectivity index (χ3n) is 25.0. The first-order chi connectivity index (χ1) is 42.0. The molecule has 0 bridgehead atoms. The molecular formula is C86H150O6. The van der Waals surface area contributed by atoms with E-state index in [0.717, 1.165) is 63.7 Å². The van der Waals surface area contributed by atoms with Crippen molar-refractivity contribution in [3.8, 4) is 0 Å². The highest BCUT2D eigenvalue weighted by Crippen LogP contribution is 2.65. The Morgan fingerprint density at radius 3 is 1.34 bits per heavy atom. The van der Waals surface area contributed by atoms with Gasteiger partial charge < -0.3 is 30.6 Å². The summed E-state index contributed by atoms with van der Waals surface area (Å²) in [6.07, 6.45) is 43.1. The lowest BCUT2D eigenvalue weighted by molar-refractivity contribution is -0.171. The molecule has 6 saturated carbocycles. The van der Waals surface area contributed by atoms with Crippen LogP contribution in [0.15, 0.2) is 123 Å². The number of hydrogen-bond acceptors (Lipinski definition) is 6. The molecule has 0 aromatic heterocycles. The maximum atomic E-state index is 11.1. The van der Waals surface area contributed by atoms with Crippen molar-refractivity contribution in [2.45, 2.75) is 346 Å². The smallest absolute Gasteiger partial charge is 0.0800 e. The molecule has 92 heavy (non-hydrogen) atoms. The first-order valence-corrected chi connectivity index (χ1v) is 36.7. The number of aliphatic hydroxyl groups excluding tert-OH is 1. The molecule has 6 aliphatic carbocycles. The highest BCUT2D eigenvalue weighted by atomic mass is 16.3. The lowest BCUT2D eigenvalue weighted by Crippen LogP contribution is -2.57. The summed E-state index contributed by atoms with van der Waals surface area (Å²) in [4.78, 5) is 0. The van der Waals surface area contributed by atoms with Gasteiger partial charge in [-0.15, -0.1) is 32.9 Å². The van der Waals surface area contributed by atoms with E-state index >= 15 is 0 Å². The van der Waals surface area contributed by atoms with Crippen LogP contribution in [-0.2, 0) is 0 Å². The van der Waals surface area contributed by atoms with Crippen LogP contribution < -0.4 is 0 Å². The summed E-state index contributed by atoms with van der Waals surface area (Å²) < 4.78 is 0. The number of fused-ring (bicyclic) bond motifs is 3. The first-order valence-electron chi connectivity index (χ1n) is 36.7. The molecule has 0 saturated heterocycles. The monoisotopic (exact) mass is 1280 g/mol. The zero-order chi connectivity index (χ0) is 71.0. The maximum Gasteiger partial charge on any atom is 0.0800 e. The van der Waals surface area contributed by atoms with Crippen LogP contribution >= 0.6 is 0 Å². The normalized spacial score (nSPS) is 33.0. The van der Waals surface area contributed by atoms with E-state index in [1.807, 2.05) is 27.7 Å². The Morgan fingerprint density at radius 2 is 0.870 bits per heavy atom. The van der Waals surface area contributed by atoms with E-state index in [-0.39, 0.29) is 33.7 Å². The average Bonchev–Trinajstić information content (AvgIpc) is 0.749. The highest BCUT2D eigenvalue weighted by Gasteiger charge is 2.59. The van der Waals surface area contributed by atoms with Gasteiger partial charge in [-0.05, 0) is 290 Å². The molecule has 530 valence electrons. The summed E-state index contributed by atoms with van der Waals surface area (Å²) in [7, 11) is 0. The zero-order valence-electron chi connectivity index (χ0n) is 64.2. The van der Waals surface area contributed by atoms with E-state index in [1.54, 1.807) is 31.2 Å². The summed E-state index contributed by atoms with van der Waals surface area (Å²) in [6.45, 7) is 73.4. The van der Waals surface area contributed by atoms with E-state index in [2.05, 4.69) is 181 Å². The summed E-state index contributed by atoms with van der Waals surface area (Å²) in [6, 6.07) is 0. The summed E-state index contributed by atoms with van der Waals surface area (Å²) in [5.74, 6) is 2.98. The largest absolute Gasteiger partial charge is 0.392 e. The van der Waals surface area contributed by atoms with E-state index in [9.17, 15) is 30.6 Å². The van der Waals surface area contributed by atoms with Gasteiger partial charge in [0.2, 0.25) is 0 Å². The molecule has 0 aromatic rings. The molecule has 6 N–H and O–H groups in total. The predicted molar refractivity (Wildman–Crippen MR) is 401 cm³/mol. The van der Waals surface area contributed by atoms with Crippen LogP contribution in [0, 0.1) is 73.4 Å². The quantitative estimate of drug-likeness (QED) is 0.0567. The van der Waals surface area contributed by atoms with Crippen molar-refractivity contribution in [2.75, 3.05) is 0 Å². The maximum absolute atomic E-state index is 11.1. The van der Waals surface area contributed by atoms with Gasteiger partial charge in [0.25, 0.3) is 0 Å². The van der Waals surface area contributed by atoms with Crippen LogP contribution in [0.2, 0.25) is 0 Å². The Bertz CT molecular complexity index is 2470. The molecule has 6 nitrogen and oxygen atoms in total. The lowest BCUT2D eigenvalue weighted by atomic mass is 9.45. The number of rotatable bonds is 23. The van der Waals surface area contributed by atoms with Crippen LogP contribution in [0.25, 0.3) is 0 Å². The van der Waals surface area contributed by atoms with Gasteiger partial charge in [-0.25, -0.2) is 0 Å². The van der Waals surface area contributed by atoms with Crippen molar-refractivity contribution in [3.63, 3.8) is 0 Å². The number of aliphatic hydroxyl groups is 6. The van der Waals surface area contributed by atoms with Gasteiger partial charge in [0.1, 0.15) is 0 Å². The Kier molecular flexibility index (Phi) is 32.0. The number of allylic oxidation sites excluding steroid dienone is 8. The highest BCUT2D eigenvalue weighted by molar-refractivity contribution is 5.20. The van der Waals surface area contributed by atoms with Crippen LogP contribution in [0.3, 0.4) is 0 Å². The van der Waals surface area contributed by atoms with Gasteiger partial charge in [-0.1, -0.05) is 185 Å². The van der Waals surface area contributed by atoms with Crippen molar-refractivity contribution < 1.29 is 30.6 Å². The predicted octanol–water partition coefficient (Wildman–Crippen LogP) is 23.0. The van der Waals surface area contributed by atoms with Crippen molar-refractivity contribution >= 4 is 0 Å². The van der Waals surface area contributed by atoms with E-state index < -0.39 is 28.0 Å². The topological polar surface area (TPSA) is 121 Å². The minimum absolute atomic E-state index is 0.0910. The van der Waals surface area contributed by atoms with Crippen LogP contribution in [0.4, 0.5) is 0 Å². The van der Waals surface area contributed by atoms with Gasteiger partial charge in [-0.3, -0.25) is 0 Å². The Hall–Kier alpha value is -2.84. The molecule has 15 atom stereocenters. The van der Waals surface area contributed by atoms with Gasteiger partial charge >= 0.3 is 0 Å². The summed E-state index contributed by atoms with van der Waals surface area (Å²) >= 11 is 0. The van der Waals surface area contributed by atoms with Crippen LogP contribution in [0.1, 0.15) is 312 Å². The van der Waals surface area contributed by atoms with E-state index in [1.165, 1.54) is 118 Å². The van der Waals surface area contributed by atoms with Gasteiger partial charge in [-0.2, -0.15) is 0 Å². The Balaban J connectivity index is 0.000000399. The second-order valence-corrected chi connectivity index (χ2v) is 36.1. The zero-order valence-corrected chi connectivity index (χ0v) is 64.2. The van der Waals surface area contributed by atoms with E-state index in [4.69, 9.17) is 0 Å². The first kappa shape index (κ1) is 85.2. The Morgan fingerprint density at radius 1 is 0.467 bits per heavy atom. The third-order valence-corrected chi connectivity index (χ3v) is 25.0. The molecule has 0 radical (unpaired) electrons. The van der Waals surface area contributed by atoms with Gasteiger partial charge in [0, 0.05) is 0 Å². The molecule has 6 rings (SSSR count). The Labute approximate surface area is 570 Å². The van der Waals surface area contributed by atoms with Crippen molar-refractivity contribution in [1.82, 2.24) is 0 Å². The fraction of sp³-hybridized carbons (Fsp3) is 0.767. The molecule has 1 unspecified atom stereocenters. The molecule has 0 spiro atoms. The van der Waals surface area contributed by atoms with Gasteiger partial charge in [0.05, 0.1) is 34.1 Å². The fourth-order valence-corrected chi connectivity index (χ4v) is 18.9. The third kappa shape index (κ3) is 24.9. The van der Waals surface area contributed by atoms with Crippen LogP contribution in [0.5, 0.6) is 0 Å². The molecule has 0 aliphatic heterocycles.